The van der Waals surface area contributed by atoms with E-state index in [0.717, 1.165) is 25.3 Å². The maximum atomic E-state index is 6.01. The molecule has 3 rings (SSSR count). The number of hydrogen-bond acceptors (Lipinski definition) is 3. The second-order valence-corrected chi connectivity index (χ2v) is 9.56. The van der Waals surface area contributed by atoms with Crippen molar-refractivity contribution in [3.05, 3.63) is 29.8 Å². The molecule has 0 bridgehead atoms. The molecule has 2 fully saturated rings. The molecule has 3 heteroatoms. The highest BCUT2D eigenvalue weighted by atomic mass is 16.5. The molecular weight excluding hydrogens is 380 g/mol. The Hall–Kier alpha value is -1.06. The number of nitrogens with zero attached hydrogens (tertiary/aromatic N) is 2. The first kappa shape index (κ1) is 26.2. The van der Waals surface area contributed by atoms with E-state index in [1.165, 1.54) is 122 Å². The molecule has 0 N–H and O–H groups in total. The van der Waals surface area contributed by atoms with Crippen LogP contribution >= 0.6 is 0 Å². The first-order chi connectivity index (χ1) is 14.9. The fraction of sp³-hybridized carbons (Fsp3) is 0.786. The van der Waals surface area contributed by atoms with E-state index in [2.05, 4.69) is 34.1 Å². The molecule has 0 spiro atoms. The van der Waals surface area contributed by atoms with Gasteiger partial charge in [-0.05, 0) is 76.0 Å². The Kier molecular flexibility index (Phi) is 14.0. The SMILES string of the molecule is C.c1cc(OCCCN2CCCCC2)ccc1CN1CCCCCCCCCCCC1. The van der Waals surface area contributed by atoms with E-state index < -0.39 is 0 Å². The van der Waals surface area contributed by atoms with E-state index in [9.17, 15) is 0 Å². The van der Waals surface area contributed by atoms with Gasteiger partial charge in [0, 0.05) is 13.1 Å². The average Bonchev–Trinajstić information content (AvgIpc) is 2.81. The summed E-state index contributed by atoms with van der Waals surface area (Å²) in [6.45, 7) is 8.20. The Morgan fingerprint density at radius 3 is 1.58 bits per heavy atom. The van der Waals surface area contributed by atoms with Crippen LogP contribution in [0, 0.1) is 0 Å². The number of hydrogen-bond donors (Lipinski definition) is 0. The third kappa shape index (κ3) is 11.4. The predicted molar refractivity (Wildman–Crippen MR) is 135 cm³/mol. The molecule has 3 nitrogen and oxygen atoms in total. The van der Waals surface area contributed by atoms with Gasteiger partial charge in [-0.1, -0.05) is 77.3 Å². The maximum absolute atomic E-state index is 6.01. The van der Waals surface area contributed by atoms with Crippen LogP contribution in [0.1, 0.15) is 103 Å². The minimum absolute atomic E-state index is 0. The zero-order valence-corrected chi connectivity index (χ0v) is 19.5. The first-order valence-electron chi connectivity index (χ1n) is 13.1. The van der Waals surface area contributed by atoms with E-state index in [-0.39, 0.29) is 7.43 Å². The van der Waals surface area contributed by atoms with E-state index in [1.54, 1.807) is 0 Å². The first-order valence-corrected chi connectivity index (χ1v) is 13.1. The summed E-state index contributed by atoms with van der Waals surface area (Å²) in [5, 5.41) is 0. The highest BCUT2D eigenvalue weighted by Crippen LogP contribution is 2.17. The molecule has 2 heterocycles. The Balaban J connectivity index is 0.00000341. The quantitative estimate of drug-likeness (QED) is 0.422. The molecule has 0 unspecified atom stereocenters. The van der Waals surface area contributed by atoms with Crippen LogP contribution in [-0.2, 0) is 6.54 Å². The number of piperidine rings is 1. The van der Waals surface area contributed by atoms with Gasteiger partial charge in [0.15, 0.2) is 0 Å². The van der Waals surface area contributed by atoms with Crippen LogP contribution in [0.2, 0.25) is 0 Å². The Labute approximate surface area is 193 Å². The summed E-state index contributed by atoms with van der Waals surface area (Å²) in [7, 11) is 0. The Morgan fingerprint density at radius 1 is 0.581 bits per heavy atom. The van der Waals surface area contributed by atoms with Crippen LogP contribution in [0.3, 0.4) is 0 Å². The monoisotopic (exact) mass is 430 g/mol. The second kappa shape index (κ2) is 16.6. The molecule has 1 aromatic carbocycles. The van der Waals surface area contributed by atoms with Gasteiger partial charge in [0.1, 0.15) is 5.75 Å². The van der Waals surface area contributed by atoms with Crippen LogP contribution in [-0.4, -0.2) is 49.1 Å². The molecule has 178 valence electrons. The third-order valence-corrected chi connectivity index (χ3v) is 6.86. The van der Waals surface area contributed by atoms with Gasteiger partial charge in [-0.3, -0.25) is 4.90 Å². The zero-order chi connectivity index (χ0) is 20.7. The summed E-state index contributed by atoms with van der Waals surface area (Å²) >= 11 is 0. The van der Waals surface area contributed by atoms with Crippen molar-refractivity contribution in [2.45, 2.75) is 104 Å². The van der Waals surface area contributed by atoms with Crippen molar-refractivity contribution >= 4 is 0 Å². The van der Waals surface area contributed by atoms with Crippen molar-refractivity contribution < 1.29 is 4.74 Å². The minimum atomic E-state index is 0. The van der Waals surface area contributed by atoms with E-state index in [0.29, 0.717) is 0 Å². The van der Waals surface area contributed by atoms with Gasteiger partial charge >= 0.3 is 0 Å². The lowest BCUT2D eigenvalue weighted by Crippen LogP contribution is -2.31. The normalized spacial score (nSPS) is 20.6. The van der Waals surface area contributed by atoms with Crippen LogP contribution in [0.15, 0.2) is 24.3 Å². The molecule has 1 aromatic rings. The number of rotatable bonds is 7. The van der Waals surface area contributed by atoms with Crippen molar-refractivity contribution in [2.75, 3.05) is 39.3 Å². The standard InChI is InChI=1S/C27H46N2O.CH4/c1-2-4-6-8-11-22-29(21-10-7-5-3-1)25-26-15-17-27(18-16-26)30-24-14-23-28-19-12-9-13-20-28;/h15-18H,1-14,19-25H2;1H4. The van der Waals surface area contributed by atoms with Crippen LogP contribution < -0.4 is 4.74 Å². The van der Waals surface area contributed by atoms with Gasteiger partial charge < -0.3 is 9.64 Å². The second-order valence-electron chi connectivity index (χ2n) is 9.56. The fourth-order valence-corrected chi connectivity index (χ4v) is 4.97. The molecule has 2 aliphatic rings. The highest BCUT2D eigenvalue weighted by Gasteiger charge is 2.10. The summed E-state index contributed by atoms with van der Waals surface area (Å²) in [6, 6.07) is 8.91. The summed E-state index contributed by atoms with van der Waals surface area (Å²) in [4.78, 5) is 5.28. The van der Waals surface area contributed by atoms with Gasteiger partial charge in [-0.2, -0.15) is 0 Å². The molecule has 0 radical (unpaired) electrons. The van der Waals surface area contributed by atoms with Gasteiger partial charge in [-0.25, -0.2) is 0 Å². The Morgan fingerprint density at radius 2 is 1.03 bits per heavy atom. The minimum Gasteiger partial charge on any atom is -0.494 e. The molecule has 0 amide bonds. The lowest BCUT2D eigenvalue weighted by molar-refractivity contribution is 0.205. The predicted octanol–water partition coefficient (Wildman–Crippen LogP) is 7.29. The van der Waals surface area contributed by atoms with Crippen LogP contribution in [0.4, 0.5) is 0 Å². The summed E-state index contributed by atoms with van der Waals surface area (Å²) in [5.74, 6) is 1.03. The number of benzene rings is 1. The number of ether oxygens (including phenoxy) is 1. The van der Waals surface area contributed by atoms with Gasteiger partial charge in [-0.15, -0.1) is 0 Å². The maximum Gasteiger partial charge on any atom is 0.119 e. The van der Waals surface area contributed by atoms with Crippen molar-refractivity contribution in [1.29, 1.82) is 0 Å². The number of likely N-dealkylation sites (tertiary alicyclic amines) is 1. The Bertz CT molecular complexity index is 524. The van der Waals surface area contributed by atoms with Crippen LogP contribution in [0.5, 0.6) is 5.75 Å². The molecule has 31 heavy (non-hydrogen) atoms. The lowest BCUT2D eigenvalue weighted by Gasteiger charge is -2.26. The summed E-state index contributed by atoms with van der Waals surface area (Å²) < 4.78 is 6.01. The van der Waals surface area contributed by atoms with Crippen molar-refractivity contribution in [2.24, 2.45) is 0 Å². The van der Waals surface area contributed by atoms with E-state index in [4.69, 9.17) is 4.74 Å². The summed E-state index contributed by atoms with van der Waals surface area (Å²) in [6.07, 6.45) is 19.5. The average molecular weight is 431 g/mol. The fourth-order valence-electron chi connectivity index (χ4n) is 4.97. The molecule has 2 saturated heterocycles. The smallest absolute Gasteiger partial charge is 0.119 e. The molecular formula is C28H50N2O. The molecule has 0 saturated carbocycles. The van der Waals surface area contributed by atoms with Crippen LogP contribution in [0.25, 0.3) is 0 Å². The summed E-state index contributed by atoms with van der Waals surface area (Å²) in [5.41, 5.74) is 1.43. The largest absolute Gasteiger partial charge is 0.494 e. The van der Waals surface area contributed by atoms with Crippen molar-refractivity contribution in [1.82, 2.24) is 9.80 Å². The molecule has 2 aliphatic heterocycles. The zero-order valence-electron chi connectivity index (χ0n) is 19.5. The van der Waals surface area contributed by atoms with E-state index >= 15 is 0 Å². The van der Waals surface area contributed by atoms with Crippen molar-refractivity contribution in [3.63, 3.8) is 0 Å². The van der Waals surface area contributed by atoms with Crippen molar-refractivity contribution in [3.8, 4) is 5.75 Å². The topological polar surface area (TPSA) is 15.7 Å². The van der Waals surface area contributed by atoms with Gasteiger partial charge in [0.25, 0.3) is 0 Å². The molecule has 0 aliphatic carbocycles. The van der Waals surface area contributed by atoms with Gasteiger partial charge in [0.2, 0.25) is 0 Å². The lowest BCUT2D eigenvalue weighted by atomic mass is 10.1. The highest BCUT2D eigenvalue weighted by molar-refractivity contribution is 5.27. The third-order valence-electron chi connectivity index (χ3n) is 6.86. The van der Waals surface area contributed by atoms with Gasteiger partial charge in [0.05, 0.1) is 6.61 Å². The molecule has 0 aromatic heterocycles. The van der Waals surface area contributed by atoms with E-state index in [1.807, 2.05) is 0 Å². The molecule has 0 atom stereocenters.